The average Bonchev–Trinajstić information content (AvgIpc) is 3.30. The molecule has 2 aromatic carbocycles. The number of halogens is 1. The monoisotopic (exact) mass is 477 g/mol. The molecule has 8 nitrogen and oxygen atoms in total. The number of hydrogen-bond acceptors (Lipinski definition) is 7. The first-order valence-corrected chi connectivity index (χ1v) is 11.8. The maximum Gasteiger partial charge on any atom is 0.173 e. The topological polar surface area (TPSA) is 81.0 Å². The fraction of sp³-hybridized carbons (Fsp3) is 0.360. The van der Waals surface area contributed by atoms with E-state index in [0.29, 0.717) is 18.2 Å². The van der Waals surface area contributed by atoms with Gasteiger partial charge in [0.2, 0.25) is 0 Å². The van der Waals surface area contributed by atoms with Crippen LogP contribution in [0.5, 0.6) is 0 Å². The van der Waals surface area contributed by atoms with Gasteiger partial charge in [-0.2, -0.15) is 0 Å². The summed E-state index contributed by atoms with van der Waals surface area (Å²) in [5.41, 5.74) is 3.68. The Bertz CT molecular complexity index is 1290. The van der Waals surface area contributed by atoms with Gasteiger partial charge < -0.3 is 10.1 Å². The molecule has 176 valence electrons. The Hall–Kier alpha value is -3.07. The molecule has 1 unspecified atom stereocenters. The van der Waals surface area contributed by atoms with Crippen molar-refractivity contribution in [3.05, 3.63) is 71.1 Å². The lowest BCUT2D eigenvalue weighted by Crippen LogP contribution is -2.41. The minimum absolute atomic E-state index is 0.0899. The Morgan fingerprint density at radius 3 is 2.68 bits per heavy atom. The highest BCUT2D eigenvalue weighted by molar-refractivity contribution is 6.31. The number of benzene rings is 2. The number of nitrogens with zero attached hydrogens (tertiary/aromatic N) is 6. The van der Waals surface area contributed by atoms with Crippen molar-refractivity contribution in [1.29, 1.82) is 0 Å². The van der Waals surface area contributed by atoms with Gasteiger partial charge in [-0.1, -0.05) is 23.7 Å². The molecule has 5 rings (SSSR count). The zero-order valence-corrected chi connectivity index (χ0v) is 20.3. The van der Waals surface area contributed by atoms with Gasteiger partial charge in [0.15, 0.2) is 5.82 Å². The lowest BCUT2D eigenvalue weighted by atomic mass is 10.0. The van der Waals surface area contributed by atoms with E-state index >= 15 is 0 Å². The number of hydrogen-bond donors (Lipinski definition) is 1. The zero-order chi connectivity index (χ0) is 23.7. The first-order chi connectivity index (χ1) is 16.4. The Labute approximate surface area is 203 Å². The van der Waals surface area contributed by atoms with Crippen LogP contribution in [0.15, 0.2) is 54.7 Å². The van der Waals surface area contributed by atoms with Crippen LogP contribution in [0.25, 0.3) is 10.9 Å². The molecule has 0 spiro atoms. The SMILES string of the molecule is CC(C)(C)n1nnnc1C(c1cccc(Nc2ccnc3cc(Cl)ccc23)c1)N1CCOCC1. The first kappa shape index (κ1) is 22.7. The molecule has 1 aliphatic rings. The number of fused-ring (bicyclic) bond motifs is 1. The minimum atomic E-state index is -0.240. The van der Waals surface area contributed by atoms with E-state index in [0.717, 1.165) is 46.8 Å². The highest BCUT2D eigenvalue weighted by Crippen LogP contribution is 2.33. The molecular formula is C25H28ClN7O. The lowest BCUT2D eigenvalue weighted by molar-refractivity contribution is 0.0208. The van der Waals surface area contributed by atoms with Crippen LogP contribution in [0.1, 0.15) is 38.2 Å². The smallest absolute Gasteiger partial charge is 0.173 e. The van der Waals surface area contributed by atoms with Crippen molar-refractivity contribution in [3.8, 4) is 0 Å². The Balaban J connectivity index is 1.54. The number of rotatable bonds is 5. The largest absolute Gasteiger partial charge is 0.379 e. The summed E-state index contributed by atoms with van der Waals surface area (Å²) in [6, 6.07) is 16.1. The van der Waals surface area contributed by atoms with E-state index < -0.39 is 0 Å². The highest BCUT2D eigenvalue weighted by Gasteiger charge is 2.32. The van der Waals surface area contributed by atoms with Crippen molar-refractivity contribution in [2.75, 3.05) is 31.6 Å². The minimum Gasteiger partial charge on any atom is -0.379 e. The van der Waals surface area contributed by atoms with Crippen LogP contribution in [0, 0.1) is 0 Å². The summed E-state index contributed by atoms with van der Waals surface area (Å²) in [4.78, 5) is 6.84. The Morgan fingerprint density at radius 1 is 1.06 bits per heavy atom. The fourth-order valence-electron chi connectivity index (χ4n) is 4.37. The maximum atomic E-state index is 6.16. The number of aromatic nitrogens is 5. The molecule has 1 saturated heterocycles. The van der Waals surface area contributed by atoms with Crippen LogP contribution in [0.3, 0.4) is 0 Å². The van der Waals surface area contributed by atoms with Crippen molar-refractivity contribution in [2.24, 2.45) is 0 Å². The average molecular weight is 478 g/mol. The van der Waals surface area contributed by atoms with Crippen LogP contribution < -0.4 is 5.32 Å². The summed E-state index contributed by atoms with van der Waals surface area (Å²) >= 11 is 6.16. The molecule has 4 aromatic rings. The number of ether oxygens (including phenoxy) is 1. The number of morpholine rings is 1. The van der Waals surface area contributed by atoms with Crippen LogP contribution in [0.4, 0.5) is 11.4 Å². The summed E-state index contributed by atoms with van der Waals surface area (Å²) in [6.07, 6.45) is 1.79. The van der Waals surface area contributed by atoms with E-state index in [2.05, 4.69) is 75.8 Å². The molecule has 0 bridgehead atoms. The summed E-state index contributed by atoms with van der Waals surface area (Å²) in [5, 5.41) is 18.1. The van der Waals surface area contributed by atoms with E-state index in [4.69, 9.17) is 16.3 Å². The van der Waals surface area contributed by atoms with Crippen molar-refractivity contribution < 1.29 is 4.74 Å². The van der Waals surface area contributed by atoms with Gasteiger partial charge in [-0.15, -0.1) is 5.10 Å². The molecule has 0 aliphatic carbocycles. The number of anilines is 2. The molecule has 9 heteroatoms. The van der Waals surface area contributed by atoms with Gasteiger partial charge >= 0.3 is 0 Å². The number of nitrogens with one attached hydrogen (secondary N) is 1. The normalized spacial score (nSPS) is 16.0. The standard InChI is InChI=1S/C25H28ClN7O/c1-25(2,3)33-24(29-30-31-33)23(32-11-13-34-14-12-32)17-5-4-6-19(15-17)28-21-9-10-27-22-16-18(26)7-8-20(21)22/h4-10,15-16,23H,11-14H2,1-3H3,(H,27,28). The third kappa shape index (κ3) is 4.61. The quantitative estimate of drug-likeness (QED) is 0.442. The van der Waals surface area contributed by atoms with Crippen molar-refractivity contribution in [1.82, 2.24) is 30.1 Å². The van der Waals surface area contributed by atoms with Crippen molar-refractivity contribution >= 4 is 33.9 Å². The molecule has 2 aromatic heterocycles. The summed E-state index contributed by atoms with van der Waals surface area (Å²) in [5.74, 6) is 0.829. The Kier molecular flexibility index (Phi) is 6.20. The van der Waals surface area contributed by atoms with E-state index in [1.54, 1.807) is 6.20 Å². The van der Waals surface area contributed by atoms with E-state index in [1.807, 2.05) is 28.9 Å². The lowest BCUT2D eigenvalue weighted by Gasteiger charge is -2.35. The summed E-state index contributed by atoms with van der Waals surface area (Å²) in [6.45, 7) is 9.35. The molecule has 0 radical (unpaired) electrons. The van der Waals surface area contributed by atoms with Crippen LogP contribution in [-0.2, 0) is 10.3 Å². The van der Waals surface area contributed by atoms with Crippen molar-refractivity contribution in [3.63, 3.8) is 0 Å². The fourth-order valence-corrected chi connectivity index (χ4v) is 4.54. The zero-order valence-electron chi connectivity index (χ0n) is 19.6. The van der Waals surface area contributed by atoms with Crippen LogP contribution >= 0.6 is 11.6 Å². The van der Waals surface area contributed by atoms with Crippen molar-refractivity contribution in [2.45, 2.75) is 32.4 Å². The van der Waals surface area contributed by atoms with E-state index in [-0.39, 0.29) is 11.6 Å². The third-order valence-corrected chi connectivity index (χ3v) is 6.21. The van der Waals surface area contributed by atoms with Gasteiger partial charge in [-0.3, -0.25) is 9.88 Å². The third-order valence-electron chi connectivity index (χ3n) is 5.97. The molecule has 3 heterocycles. The summed E-state index contributed by atoms with van der Waals surface area (Å²) < 4.78 is 7.55. The number of tetrazole rings is 1. The highest BCUT2D eigenvalue weighted by atomic mass is 35.5. The van der Waals surface area contributed by atoms with Gasteiger partial charge in [0.05, 0.1) is 30.3 Å². The second-order valence-electron chi connectivity index (χ2n) is 9.44. The molecule has 1 aliphatic heterocycles. The van der Waals surface area contributed by atoms with Gasteiger partial charge in [0.25, 0.3) is 0 Å². The molecule has 0 saturated carbocycles. The van der Waals surface area contributed by atoms with Crippen LogP contribution in [-0.4, -0.2) is 56.4 Å². The predicted octanol–water partition coefficient (Wildman–Crippen LogP) is 4.79. The van der Waals surface area contributed by atoms with Gasteiger partial charge in [0.1, 0.15) is 0 Å². The van der Waals surface area contributed by atoms with E-state index in [9.17, 15) is 0 Å². The van der Waals surface area contributed by atoms with Gasteiger partial charge in [-0.05, 0) is 73.2 Å². The van der Waals surface area contributed by atoms with Gasteiger partial charge in [0, 0.05) is 41.1 Å². The molecule has 1 N–H and O–H groups in total. The summed E-state index contributed by atoms with van der Waals surface area (Å²) in [7, 11) is 0. The molecular weight excluding hydrogens is 450 g/mol. The molecule has 0 amide bonds. The van der Waals surface area contributed by atoms with Crippen LogP contribution in [0.2, 0.25) is 5.02 Å². The molecule has 1 atom stereocenters. The Morgan fingerprint density at radius 2 is 1.88 bits per heavy atom. The molecule has 34 heavy (non-hydrogen) atoms. The van der Waals surface area contributed by atoms with Gasteiger partial charge in [-0.25, -0.2) is 4.68 Å². The number of pyridine rings is 1. The van der Waals surface area contributed by atoms with E-state index in [1.165, 1.54) is 0 Å². The first-order valence-electron chi connectivity index (χ1n) is 11.4. The second-order valence-corrected chi connectivity index (χ2v) is 9.88. The second kappa shape index (κ2) is 9.29. The molecule has 1 fully saturated rings. The maximum absolute atomic E-state index is 6.16. The predicted molar refractivity (Wildman–Crippen MR) is 134 cm³/mol.